The topological polar surface area (TPSA) is 66.8 Å². The molecule has 1 saturated carbocycles. The first-order chi connectivity index (χ1) is 11.5. The molecule has 1 aromatic rings. The summed E-state index contributed by atoms with van der Waals surface area (Å²) in [4.78, 5) is 27.0. The van der Waals surface area contributed by atoms with E-state index >= 15 is 0 Å². The van der Waals surface area contributed by atoms with Crippen LogP contribution in [-0.2, 0) is 20.9 Å². The van der Waals surface area contributed by atoms with Crippen LogP contribution in [0.3, 0.4) is 0 Å². The summed E-state index contributed by atoms with van der Waals surface area (Å²) in [5, 5.41) is 10.0. The number of hydrogen-bond donors (Lipinski definition) is 1. The van der Waals surface area contributed by atoms with Crippen LogP contribution in [0.25, 0.3) is 0 Å². The van der Waals surface area contributed by atoms with Crippen molar-refractivity contribution in [3.63, 3.8) is 0 Å². The van der Waals surface area contributed by atoms with Crippen molar-refractivity contribution in [1.29, 1.82) is 0 Å². The summed E-state index contributed by atoms with van der Waals surface area (Å²) < 4.78 is 4.98. The van der Waals surface area contributed by atoms with Gasteiger partial charge in [-0.25, -0.2) is 0 Å². The van der Waals surface area contributed by atoms with Crippen molar-refractivity contribution in [3.05, 3.63) is 35.9 Å². The SMILES string of the molecule is COC(=O)C1(C(=O)O)CN(Cc2ccccc2)CC12CCCCC2.Cl. The predicted molar refractivity (Wildman–Crippen MR) is 96.6 cm³/mol. The molecule has 0 amide bonds. The van der Waals surface area contributed by atoms with E-state index in [1.807, 2.05) is 30.3 Å². The summed E-state index contributed by atoms with van der Waals surface area (Å²) in [6, 6.07) is 9.99. The van der Waals surface area contributed by atoms with Crippen molar-refractivity contribution >= 4 is 24.3 Å². The Kier molecular flexibility index (Phi) is 6.12. The van der Waals surface area contributed by atoms with Gasteiger partial charge in [0.05, 0.1) is 7.11 Å². The Labute approximate surface area is 154 Å². The molecule has 1 unspecified atom stereocenters. The van der Waals surface area contributed by atoms with E-state index in [2.05, 4.69) is 4.90 Å². The van der Waals surface area contributed by atoms with Gasteiger partial charge in [0.25, 0.3) is 0 Å². The third-order valence-corrected chi connectivity index (χ3v) is 5.85. The van der Waals surface area contributed by atoms with Crippen LogP contribution < -0.4 is 0 Å². The highest BCUT2D eigenvalue weighted by Crippen LogP contribution is 2.56. The van der Waals surface area contributed by atoms with Crippen LogP contribution in [0, 0.1) is 10.8 Å². The number of nitrogens with zero attached hydrogens (tertiary/aromatic N) is 1. The summed E-state index contributed by atoms with van der Waals surface area (Å²) in [6.07, 6.45) is 4.62. The molecule has 1 N–H and O–H groups in total. The lowest BCUT2D eigenvalue weighted by molar-refractivity contribution is -0.176. The number of carboxylic acid groups (broad SMARTS) is 1. The summed E-state index contributed by atoms with van der Waals surface area (Å²) >= 11 is 0. The van der Waals surface area contributed by atoms with Crippen molar-refractivity contribution in [1.82, 2.24) is 4.90 Å². The third kappa shape index (κ3) is 3.27. The number of aliphatic carboxylic acids is 1. The second-order valence-electron chi connectivity index (χ2n) is 7.17. The summed E-state index contributed by atoms with van der Waals surface area (Å²) in [6.45, 7) is 1.53. The van der Waals surface area contributed by atoms with Gasteiger partial charge in [0, 0.05) is 25.0 Å². The maximum atomic E-state index is 12.6. The first-order valence-corrected chi connectivity index (χ1v) is 8.62. The lowest BCUT2D eigenvalue weighted by Crippen LogP contribution is -2.54. The molecule has 2 fully saturated rings. The number of methoxy groups -OCH3 is 1. The Morgan fingerprint density at radius 2 is 1.76 bits per heavy atom. The van der Waals surface area contributed by atoms with Gasteiger partial charge in [-0.05, 0) is 18.4 Å². The molecule has 1 aliphatic carbocycles. The highest BCUT2D eigenvalue weighted by molar-refractivity contribution is 6.01. The molecule has 2 aliphatic rings. The zero-order chi connectivity index (χ0) is 17.2. The average Bonchev–Trinajstić information content (AvgIpc) is 2.90. The molecule has 138 valence electrons. The van der Waals surface area contributed by atoms with Crippen molar-refractivity contribution in [3.8, 4) is 0 Å². The highest BCUT2D eigenvalue weighted by atomic mass is 35.5. The average molecular weight is 368 g/mol. The predicted octanol–water partition coefficient (Wildman–Crippen LogP) is 3.12. The zero-order valence-corrected chi connectivity index (χ0v) is 15.4. The minimum Gasteiger partial charge on any atom is -0.480 e. The first-order valence-electron chi connectivity index (χ1n) is 8.62. The van der Waals surface area contributed by atoms with E-state index in [9.17, 15) is 14.7 Å². The minimum absolute atomic E-state index is 0. The van der Waals surface area contributed by atoms with Gasteiger partial charge in [0.2, 0.25) is 0 Å². The summed E-state index contributed by atoms with van der Waals surface area (Å²) in [7, 11) is 1.30. The molecule has 1 spiro atoms. The molecule has 0 radical (unpaired) electrons. The Morgan fingerprint density at radius 1 is 1.12 bits per heavy atom. The number of carbonyl (C=O) groups is 2. The van der Waals surface area contributed by atoms with Gasteiger partial charge >= 0.3 is 11.9 Å². The number of esters is 1. The van der Waals surface area contributed by atoms with E-state index in [-0.39, 0.29) is 19.0 Å². The van der Waals surface area contributed by atoms with Gasteiger partial charge in [-0.15, -0.1) is 12.4 Å². The van der Waals surface area contributed by atoms with Crippen LogP contribution in [0.15, 0.2) is 30.3 Å². The molecule has 5 nitrogen and oxygen atoms in total. The van der Waals surface area contributed by atoms with Crippen LogP contribution in [0.5, 0.6) is 0 Å². The number of carbonyl (C=O) groups excluding carboxylic acids is 1. The minimum atomic E-state index is -1.45. The van der Waals surface area contributed by atoms with Gasteiger partial charge in [-0.2, -0.15) is 0 Å². The Hall–Kier alpha value is -1.59. The Bertz CT molecular complexity index is 615. The Morgan fingerprint density at radius 3 is 2.32 bits per heavy atom. The second-order valence-corrected chi connectivity index (χ2v) is 7.17. The molecule has 25 heavy (non-hydrogen) atoms. The molecular formula is C19H26ClNO4. The number of ether oxygens (including phenoxy) is 1. The van der Waals surface area contributed by atoms with Crippen molar-refractivity contribution in [2.24, 2.45) is 10.8 Å². The highest BCUT2D eigenvalue weighted by Gasteiger charge is 2.67. The molecule has 1 aromatic carbocycles. The van der Waals surface area contributed by atoms with E-state index in [1.54, 1.807) is 0 Å². The quantitative estimate of drug-likeness (QED) is 0.654. The van der Waals surface area contributed by atoms with Crippen LogP contribution in [0.4, 0.5) is 0 Å². The zero-order valence-electron chi connectivity index (χ0n) is 14.6. The number of carboxylic acids is 1. The lowest BCUT2D eigenvalue weighted by Gasteiger charge is -2.42. The van der Waals surface area contributed by atoms with Crippen LogP contribution >= 0.6 is 12.4 Å². The van der Waals surface area contributed by atoms with Gasteiger partial charge in [0.15, 0.2) is 5.41 Å². The molecule has 1 heterocycles. The fourth-order valence-electron chi connectivity index (χ4n) is 4.73. The third-order valence-electron chi connectivity index (χ3n) is 5.85. The largest absolute Gasteiger partial charge is 0.480 e. The van der Waals surface area contributed by atoms with Gasteiger partial charge < -0.3 is 9.84 Å². The number of rotatable bonds is 4. The van der Waals surface area contributed by atoms with Crippen LogP contribution in [0.1, 0.15) is 37.7 Å². The van der Waals surface area contributed by atoms with Crippen LogP contribution in [-0.4, -0.2) is 42.1 Å². The fourth-order valence-corrected chi connectivity index (χ4v) is 4.73. The monoisotopic (exact) mass is 367 g/mol. The molecule has 0 bridgehead atoms. The molecular weight excluding hydrogens is 342 g/mol. The van der Waals surface area contributed by atoms with E-state index in [4.69, 9.17) is 4.74 Å². The molecule has 0 aromatic heterocycles. The standard InChI is InChI=1S/C19H25NO4.ClH/c1-24-17(23)19(16(21)22)14-20(12-15-8-4-2-5-9-15)13-18(19)10-6-3-7-11-18;/h2,4-5,8-9H,3,6-7,10-14H2,1H3,(H,21,22);1H. The van der Waals surface area contributed by atoms with Crippen molar-refractivity contribution < 1.29 is 19.4 Å². The maximum Gasteiger partial charge on any atom is 0.325 e. The van der Waals surface area contributed by atoms with E-state index in [0.29, 0.717) is 13.1 Å². The van der Waals surface area contributed by atoms with Gasteiger partial charge in [-0.1, -0.05) is 49.6 Å². The summed E-state index contributed by atoms with van der Waals surface area (Å²) in [5.41, 5.74) is -0.829. The molecule has 3 rings (SSSR count). The number of hydrogen-bond acceptors (Lipinski definition) is 4. The Balaban J connectivity index is 0.00000225. The van der Waals surface area contributed by atoms with E-state index in [1.165, 1.54) is 7.11 Å². The van der Waals surface area contributed by atoms with Crippen molar-refractivity contribution in [2.45, 2.75) is 38.6 Å². The van der Waals surface area contributed by atoms with Crippen molar-refractivity contribution in [2.75, 3.05) is 20.2 Å². The fraction of sp³-hybridized carbons (Fsp3) is 0.579. The molecule has 1 aliphatic heterocycles. The van der Waals surface area contributed by atoms with E-state index in [0.717, 1.165) is 37.7 Å². The lowest BCUT2D eigenvalue weighted by atomic mass is 9.58. The first kappa shape index (κ1) is 19.7. The van der Waals surface area contributed by atoms with Gasteiger partial charge in [-0.3, -0.25) is 14.5 Å². The second kappa shape index (κ2) is 7.75. The molecule has 1 atom stereocenters. The normalized spacial score (nSPS) is 25.3. The molecule has 1 saturated heterocycles. The number of halogens is 1. The molecule has 6 heteroatoms. The maximum absolute atomic E-state index is 12.6. The number of benzene rings is 1. The van der Waals surface area contributed by atoms with E-state index < -0.39 is 22.8 Å². The summed E-state index contributed by atoms with van der Waals surface area (Å²) in [5.74, 6) is -1.63. The van der Waals surface area contributed by atoms with Crippen LogP contribution in [0.2, 0.25) is 0 Å². The van der Waals surface area contributed by atoms with Gasteiger partial charge in [0.1, 0.15) is 0 Å². The number of likely N-dealkylation sites (tertiary alicyclic amines) is 1. The smallest absolute Gasteiger partial charge is 0.325 e.